The van der Waals surface area contributed by atoms with Gasteiger partial charge in [0.05, 0.1) is 5.56 Å². The molecular weight excluding hydrogens is 343 g/mol. The van der Waals surface area contributed by atoms with Gasteiger partial charge in [0.2, 0.25) is 0 Å². The molecule has 1 atom stereocenters. The highest BCUT2D eigenvalue weighted by molar-refractivity contribution is 8.00. The summed E-state index contributed by atoms with van der Waals surface area (Å²) >= 11 is 1.44. The lowest BCUT2D eigenvalue weighted by atomic mass is 9.86. The van der Waals surface area contributed by atoms with E-state index in [4.69, 9.17) is 5.11 Å². The molecule has 2 rings (SSSR count). The van der Waals surface area contributed by atoms with Gasteiger partial charge in [-0.1, -0.05) is 26.0 Å². The van der Waals surface area contributed by atoms with Crippen LogP contribution in [0.2, 0.25) is 0 Å². The molecule has 0 aliphatic carbocycles. The quantitative estimate of drug-likeness (QED) is 0.832. The van der Waals surface area contributed by atoms with E-state index in [9.17, 15) is 22.8 Å². The summed E-state index contributed by atoms with van der Waals surface area (Å²) in [6.45, 7) is 2.80. The van der Waals surface area contributed by atoms with Crippen molar-refractivity contribution >= 4 is 23.6 Å². The molecule has 1 aliphatic rings. The molecule has 1 amide bonds. The summed E-state index contributed by atoms with van der Waals surface area (Å²) in [4.78, 5) is 25.5. The topological polar surface area (TPSA) is 57.6 Å². The smallest absolute Gasteiger partial charge is 0.406 e. The molecule has 8 heteroatoms. The van der Waals surface area contributed by atoms with Crippen LogP contribution in [0.15, 0.2) is 29.2 Å². The van der Waals surface area contributed by atoms with E-state index in [1.165, 1.54) is 11.8 Å². The van der Waals surface area contributed by atoms with Gasteiger partial charge in [0.15, 0.2) is 5.41 Å². The second-order valence-electron chi connectivity index (χ2n) is 6.02. The van der Waals surface area contributed by atoms with Crippen molar-refractivity contribution in [3.05, 3.63) is 29.8 Å². The van der Waals surface area contributed by atoms with Gasteiger partial charge in [-0.2, -0.15) is 13.2 Å². The number of carbonyl (C=O) groups is 2. The standard InChI is InChI=1S/C16H18F3NO3S/c1-10(2)24-12-6-4-3-5-11(12)13(21)20-8-7-15(9-20,14(22)23)16(17,18)19/h3-6,10H,7-9H2,1-2H3,(H,22,23). The van der Waals surface area contributed by atoms with Gasteiger partial charge in [-0.25, -0.2) is 0 Å². The molecule has 1 aromatic rings. The predicted octanol–water partition coefficient (Wildman–Crippen LogP) is 3.67. The number of likely N-dealkylation sites (tertiary alicyclic amines) is 1. The monoisotopic (exact) mass is 361 g/mol. The van der Waals surface area contributed by atoms with E-state index in [0.29, 0.717) is 10.5 Å². The highest BCUT2D eigenvalue weighted by atomic mass is 32.2. The van der Waals surface area contributed by atoms with Gasteiger partial charge < -0.3 is 10.0 Å². The van der Waals surface area contributed by atoms with Crippen molar-refractivity contribution in [2.45, 2.75) is 36.6 Å². The molecule has 4 nitrogen and oxygen atoms in total. The van der Waals surface area contributed by atoms with E-state index in [1.807, 2.05) is 13.8 Å². The Balaban J connectivity index is 2.29. The van der Waals surface area contributed by atoms with Gasteiger partial charge in [0.1, 0.15) is 0 Å². The molecule has 0 saturated carbocycles. The first-order valence-electron chi connectivity index (χ1n) is 7.43. The molecule has 1 aliphatic heterocycles. The van der Waals surface area contributed by atoms with Crippen LogP contribution in [0.25, 0.3) is 0 Å². The van der Waals surface area contributed by atoms with Gasteiger partial charge in [0, 0.05) is 23.2 Å². The maximum absolute atomic E-state index is 13.2. The SMILES string of the molecule is CC(C)Sc1ccccc1C(=O)N1CCC(C(=O)O)(C(F)(F)F)C1. The number of hydrogen-bond acceptors (Lipinski definition) is 3. The number of halogens is 3. The molecule has 1 unspecified atom stereocenters. The van der Waals surface area contributed by atoms with Gasteiger partial charge in [0.25, 0.3) is 5.91 Å². The fourth-order valence-corrected chi connectivity index (χ4v) is 3.63. The van der Waals surface area contributed by atoms with E-state index in [1.54, 1.807) is 24.3 Å². The summed E-state index contributed by atoms with van der Waals surface area (Å²) in [7, 11) is 0. The average Bonchev–Trinajstić information content (AvgIpc) is 2.93. The molecule has 1 N–H and O–H groups in total. The number of amides is 1. The second-order valence-corrected chi connectivity index (χ2v) is 7.64. The van der Waals surface area contributed by atoms with Crippen LogP contribution >= 0.6 is 11.8 Å². The van der Waals surface area contributed by atoms with E-state index in [2.05, 4.69) is 0 Å². The zero-order valence-electron chi connectivity index (χ0n) is 13.3. The molecule has 1 heterocycles. The van der Waals surface area contributed by atoms with Crippen LogP contribution < -0.4 is 0 Å². The number of carbonyl (C=O) groups excluding carboxylic acids is 1. The minimum atomic E-state index is -4.90. The Bertz CT molecular complexity index is 648. The van der Waals surface area contributed by atoms with Crippen molar-refractivity contribution in [3.8, 4) is 0 Å². The summed E-state index contributed by atoms with van der Waals surface area (Å²) < 4.78 is 39.7. The summed E-state index contributed by atoms with van der Waals surface area (Å²) in [5, 5.41) is 9.28. The maximum atomic E-state index is 13.2. The first-order chi connectivity index (χ1) is 11.1. The minimum Gasteiger partial charge on any atom is -0.481 e. The number of hydrogen-bond donors (Lipinski definition) is 1. The van der Waals surface area contributed by atoms with E-state index in [-0.39, 0.29) is 11.8 Å². The summed E-state index contributed by atoms with van der Waals surface area (Å²) in [5.74, 6) is -2.50. The average molecular weight is 361 g/mol. The highest BCUT2D eigenvalue weighted by Crippen LogP contribution is 2.46. The highest BCUT2D eigenvalue weighted by Gasteiger charge is 2.64. The Kier molecular flexibility index (Phi) is 5.17. The third-order valence-corrected chi connectivity index (χ3v) is 5.07. The number of carboxylic acid groups (broad SMARTS) is 1. The van der Waals surface area contributed by atoms with Crippen molar-refractivity contribution in [2.75, 3.05) is 13.1 Å². The van der Waals surface area contributed by atoms with E-state index < -0.39 is 36.4 Å². The Morgan fingerprint density at radius 1 is 1.29 bits per heavy atom. The molecule has 1 fully saturated rings. The number of aliphatic carboxylic acids is 1. The van der Waals surface area contributed by atoms with Crippen LogP contribution in [0.3, 0.4) is 0 Å². The largest absolute Gasteiger partial charge is 0.481 e. The Labute approximate surface area is 142 Å². The van der Waals surface area contributed by atoms with Gasteiger partial charge >= 0.3 is 12.1 Å². The summed E-state index contributed by atoms with van der Waals surface area (Å²) in [6, 6.07) is 6.69. The number of nitrogens with zero attached hydrogens (tertiary/aromatic N) is 1. The summed E-state index contributed by atoms with van der Waals surface area (Å²) in [5.41, 5.74) is -2.58. The van der Waals surface area contributed by atoms with Crippen molar-refractivity contribution in [3.63, 3.8) is 0 Å². The van der Waals surface area contributed by atoms with Crippen LogP contribution in [-0.4, -0.2) is 46.4 Å². The molecule has 1 saturated heterocycles. The molecule has 0 bridgehead atoms. The Hall–Kier alpha value is -1.70. The molecular formula is C16H18F3NO3S. The predicted molar refractivity (Wildman–Crippen MR) is 84.1 cm³/mol. The summed E-state index contributed by atoms with van der Waals surface area (Å²) in [6.07, 6.45) is -5.53. The zero-order valence-corrected chi connectivity index (χ0v) is 14.1. The molecule has 0 radical (unpaired) electrons. The lowest BCUT2D eigenvalue weighted by molar-refractivity contribution is -0.227. The Morgan fingerprint density at radius 3 is 2.42 bits per heavy atom. The van der Waals surface area contributed by atoms with Crippen LogP contribution in [0.5, 0.6) is 0 Å². The number of alkyl halides is 3. The maximum Gasteiger partial charge on any atom is 0.406 e. The number of carboxylic acids is 1. The van der Waals surface area contributed by atoms with Crippen molar-refractivity contribution in [1.29, 1.82) is 0 Å². The first kappa shape index (κ1) is 18.6. The second kappa shape index (κ2) is 6.66. The molecule has 0 spiro atoms. The number of rotatable bonds is 4. The van der Waals surface area contributed by atoms with Gasteiger partial charge in [-0.3, -0.25) is 9.59 Å². The third-order valence-electron chi connectivity index (χ3n) is 3.99. The lowest BCUT2D eigenvalue weighted by Crippen LogP contribution is -2.47. The lowest BCUT2D eigenvalue weighted by Gasteiger charge is -2.27. The van der Waals surface area contributed by atoms with Crippen molar-refractivity contribution in [1.82, 2.24) is 4.90 Å². The Morgan fingerprint density at radius 2 is 1.92 bits per heavy atom. The fourth-order valence-electron chi connectivity index (χ4n) is 2.68. The van der Waals surface area contributed by atoms with Crippen molar-refractivity contribution < 1.29 is 27.9 Å². The van der Waals surface area contributed by atoms with Crippen LogP contribution in [-0.2, 0) is 4.79 Å². The normalized spacial score (nSPS) is 21.3. The fraction of sp³-hybridized carbons (Fsp3) is 0.500. The molecule has 24 heavy (non-hydrogen) atoms. The third kappa shape index (κ3) is 3.38. The van der Waals surface area contributed by atoms with Gasteiger partial charge in [-0.15, -0.1) is 11.8 Å². The van der Waals surface area contributed by atoms with Crippen LogP contribution in [0.1, 0.15) is 30.6 Å². The van der Waals surface area contributed by atoms with E-state index in [0.717, 1.165) is 4.90 Å². The molecule has 0 aromatic heterocycles. The zero-order chi connectivity index (χ0) is 18.1. The van der Waals surface area contributed by atoms with Gasteiger partial charge in [-0.05, 0) is 18.6 Å². The number of benzene rings is 1. The van der Waals surface area contributed by atoms with Crippen LogP contribution in [0, 0.1) is 5.41 Å². The first-order valence-corrected chi connectivity index (χ1v) is 8.31. The molecule has 132 valence electrons. The number of thioether (sulfide) groups is 1. The van der Waals surface area contributed by atoms with E-state index >= 15 is 0 Å². The molecule has 1 aromatic carbocycles. The van der Waals surface area contributed by atoms with Crippen LogP contribution in [0.4, 0.5) is 13.2 Å². The minimum absolute atomic E-state index is 0.200. The van der Waals surface area contributed by atoms with Crippen molar-refractivity contribution in [2.24, 2.45) is 5.41 Å².